The third-order valence-electron chi connectivity index (χ3n) is 7.93. The lowest BCUT2D eigenvalue weighted by atomic mass is 9.49. The third-order valence-corrected chi connectivity index (χ3v) is 8.24. The minimum absolute atomic E-state index is 0.108. The van der Waals surface area contributed by atoms with Gasteiger partial charge in [0.1, 0.15) is 0 Å². The molecule has 3 N–H and O–H groups in total. The Labute approximate surface area is 196 Å². The second kappa shape index (κ2) is 9.28. The van der Waals surface area contributed by atoms with Gasteiger partial charge in [-0.2, -0.15) is 0 Å². The number of hydrogen-bond acceptors (Lipinski definition) is 4. The van der Waals surface area contributed by atoms with E-state index in [9.17, 15) is 4.79 Å². The van der Waals surface area contributed by atoms with E-state index in [-0.39, 0.29) is 11.3 Å². The zero-order chi connectivity index (χ0) is 22.1. The number of rotatable bonds is 9. The molecule has 0 spiro atoms. The summed E-state index contributed by atoms with van der Waals surface area (Å²) in [7, 11) is 1.97. The van der Waals surface area contributed by atoms with Crippen LogP contribution in [0.15, 0.2) is 24.3 Å². The van der Waals surface area contributed by atoms with Crippen LogP contribution < -0.4 is 16.0 Å². The Hall–Kier alpha value is -1.69. The van der Waals surface area contributed by atoms with Crippen molar-refractivity contribution in [2.45, 2.75) is 57.9 Å². The van der Waals surface area contributed by atoms with Gasteiger partial charge < -0.3 is 16.0 Å². The van der Waals surface area contributed by atoms with Crippen LogP contribution in [0, 0.1) is 23.2 Å². The minimum atomic E-state index is 0.108. The molecule has 1 aromatic carbocycles. The molecule has 1 amide bonds. The van der Waals surface area contributed by atoms with E-state index in [2.05, 4.69) is 16.0 Å². The number of fused-ring (bicyclic) bond motifs is 1. The molecular formula is C26H35ClN4O. The highest BCUT2D eigenvalue weighted by Crippen LogP contribution is 2.61. The second-order valence-corrected chi connectivity index (χ2v) is 11.0. The van der Waals surface area contributed by atoms with E-state index in [0.29, 0.717) is 17.1 Å². The van der Waals surface area contributed by atoms with E-state index >= 15 is 0 Å². The van der Waals surface area contributed by atoms with E-state index in [0.717, 1.165) is 60.4 Å². The molecule has 0 aliphatic heterocycles. The number of nitrogens with zero attached hydrogens (tertiary/aromatic N) is 1. The highest BCUT2D eigenvalue weighted by Gasteiger charge is 2.51. The fourth-order valence-corrected chi connectivity index (χ4v) is 7.29. The standard InChI is InChI=1S/C26H35ClN4O/c1-28-7-2-8-29-16-20-3-4-21-23(30-20)6-5-22(27)25(21)31-24(32)15-26-12-17-9-18(13-26)11-19(10-17)14-26/h3-6,17-19,28-29H,2,7-16H2,1H3,(H,31,32). The number of hydrogen-bond donors (Lipinski definition) is 3. The summed E-state index contributed by atoms with van der Waals surface area (Å²) in [6.45, 7) is 2.69. The molecule has 4 bridgehead atoms. The summed E-state index contributed by atoms with van der Waals surface area (Å²) in [5.41, 5.74) is 2.80. The monoisotopic (exact) mass is 454 g/mol. The molecule has 4 aliphatic carbocycles. The molecule has 172 valence electrons. The van der Waals surface area contributed by atoms with E-state index in [1.54, 1.807) is 0 Å². The smallest absolute Gasteiger partial charge is 0.224 e. The highest BCUT2D eigenvalue weighted by molar-refractivity contribution is 6.35. The number of anilines is 1. The summed E-state index contributed by atoms with van der Waals surface area (Å²) in [5.74, 6) is 2.66. The Kier molecular flexibility index (Phi) is 6.42. The van der Waals surface area contributed by atoms with Gasteiger partial charge in [0.15, 0.2) is 0 Å². The number of amides is 1. The minimum Gasteiger partial charge on any atom is -0.324 e. The van der Waals surface area contributed by atoms with Crippen molar-refractivity contribution in [3.8, 4) is 0 Å². The lowest BCUT2D eigenvalue weighted by Crippen LogP contribution is -2.47. The van der Waals surface area contributed by atoms with E-state index in [4.69, 9.17) is 16.6 Å². The predicted octanol–water partition coefficient (Wildman–Crippen LogP) is 5.13. The lowest BCUT2D eigenvalue weighted by molar-refractivity contribution is -0.124. The number of pyridine rings is 1. The molecule has 6 rings (SSSR count). The van der Waals surface area contributed by atoms with Gasteiger partial charge in [0.2, 0.25) is 5.91 Å². The van der Waals surface area contributed by atoms with Crippen molar-refractivity contribution >= 4 is 34.1 Å². The molecule has 32 heavy (non-hydrogen) atoms. The SMILES string of the molecule is CNCCCNCc1ccc2c(NC(=O)CC34CC5CC(CC(C5)C3)C4)c(Cl)ccc2n1. The molecule has 0 atom stereocenters. The first-order chi connectivity index (χ1) is 15.5. The lowest BCUT2D eigenvalue weighted by Gasteiger charge is -2.56. The van der Waals surface area contributed by atoms with Crippen LogP contribution >= 0.6 is 11.6 Å². The molecule has 0 unspecified atom stereocenters. The quantitative estimate of drug-likeness (QED) is 0.459. The van der Waals surface area contributed by atoms with Gasteiger partial charge in [-0.3, -0.25) is 9.78 Å². The third kappa shape index (κ3) is 4.66. The number of benzene rings is 1. The molecule has 5 nitrogen and oxygen atoms in total. The molecular weight excluding hydrogens is 420 g/mol. The van der Waals surface area contributed by atoms with Crippen molar-refractivity contribution in [3.63, 3.8) is 0 Å². The van der Waals surface area contributed by atoms with Crippen molar-refractivity contribution in [2.75, 3.05) is 25.5 Å². The molecule has 2 aromatic rings. The topological polar surface area (TPSA) is 66.0 Å². The first-order valence-corrected chi connectivity index (χ1v) is 12.6. The number of halogens is 1. The first-order valence-electron chi connectivity index (χ1n) is 12.3. The van der Waals surface area contributed by atoms with Crippen LogP contribution in [0.3, 0.4) is 0 Å². The van der Waals surface area contributed by atoms with Gasteiger partial charge in [-0.15, -0.1) is 0 Å². The Morgan fingerprint density at radius 2 is 1.78 bits per heavy atom. The Morgan fingerprint density at radius 3 is 2.47 bits per heavy atom. The van der Waals surface area contributed by atoms with E-state index < -0.39 is 0 Å². The summed E-state index contributed by atoms with van der Waals surface area (Å²) in [6, 6.07) is 7.86. The summed E-state index contributed by atoms with van der Waals surface area (Å²) >= 11 is 6.53. The van der Waals surface area contributed by atoms with Gasteiger partial charge >= 0.3 is 0 Å². The van der Waals surface area contributed by atoms with Crippen LogP contribution in [-0.4, -0.2) is 31.0 Å². The van der Waals surface area contributed by atoms with Gasteiger partial charge in [-0.25, -0.2) is 0 Å². The fraction of sp³-hybridized carbons (Fsp3) is 0.615. The van der Waals surface area contributed by atoms with Gasteiger partial charge in [-0.05, 0) is 113 Å². The van der Waals surface area contributed by atoms with Crippen LogP contribution in [0.5, 0.6) is 0 Å². The molecule has 6 heteroatoms. The average Bonchev–Trinajstić information content (AvgIpc) is 2.74. The van der Waals surface area contributed by atoms with Crippen molar-refractivity contribution in [3.05, 3.63) is 35.0 Å². The largest absolute Gasteiger partial charge is 0.324 e. The predicted molar refractivity (Wildman–Crippen MR) is 131 cm³/mol. The number of carbonyl (C=O) groups excluding carboxylic acids is 1. The zero-order valence-corrected chi connectivity index (χ0v) is 19.8. The van der Waals surface area contributed by atoms with Crippen LogP contribution in [0.25, 0.3) is 10.9 Å². The molecule has 1 aromatic heterocycles. The first kappa shape index (κ1) is 22.1. The van der Waals surface area contributed by atoms with Crippen LogP contribution in [-0.2, 0) is 11.3 Å². The molecule has 1 heterocycles. The van der Waals surface area contributed by atoms with E-state index in [1.165, 1.54) is 38.5 Å². The normalized spacial score (nSPS) is 28.4. The van der Waals surface area contributed by atoms with Gasteiger partial charge in [0.05, 0.1) is 21.9 Å². The highest BCUT2D eigenvalue weighted by atomic mass is 35.5. The van der Waals surface area contributed by atoms with Crippen LogP contribution in [0.2, 0.25) is 5.02 Å². The second-order valence-electron chi connectivity index (χ2n) is 10.6. The van der Waals surface area contributed by atoms with Crippen LogP contribution in [0.4, 0.5) is 5.69 Å². The summed E-state index contributed by atoms with van der Waals surface area (Å²) in [4.78, 5) is 18.0. The Balaban J connectivity index is 1.27. The summed E-state index contributed by atoms with van der Waals surface area (Å²) in [5, 5.41) is 11.3. The van der Waals surface area contributed by atoms with Crippen molar-refractivity contribution in [2.24, 2.45) is 23.2 Å². The molecule has 4 saturated carbocycles. The van der Waals surface area contributed by atoms with Gasteiger partial charge in [0.25, 0.3) is 0 Å². The van der Waals surface area contributed by atoms with Crippen molar-refractivity contribution in [1.82, 2.24) is 15.6 Å². The number of carbonyl (C=O) groups is 1. The summed E-state index contributed by atoms with van der Waals surface area (Å²) < 4.78 is 0. The Morgan fingerprint density at radius 1 is 1.06 bits per heavy atom. The fourth-order valence-electron chi connectivity index (χ4n) is 7.08. The zero-order valence-electron chi connectivity index (χ0n) is 19.1. The van der Waals surface area contributed by atoms with Gasteiger partial charge in [-0.1, -0.05) is 11.6 Å². The molecule has 0 saturated heterocycles. The van der Waals surface area contributed by atoms with Crippen molar-refractivity contribution < 1.29 is 4.79 Å². The molecule has 0 radical (unpaired) electrons. The maximum atomic E-state index is 13.2. The number of aromatic nitrogens is 1. The average molecular weight is 455 g/mol. The maximum absolute atomic E-state index is 13.2. The van der Waals surface area contributed by atoms with Gasteiger partial charge in [0, 0.05) is 18.4 Å². The maximum Gasteiger partial charge on any atom is 0.224 e. The van der Waals surface area contributed by atoms with Crippen LogP contribution in [0.1, 0.15) is 57.1 Å². The number of nitrogens with one attached hydrogen (secondary N) is 3. The summed E-state index contributed by atoms with van der Waals surface area (Å²) in [6.07, 6.45) is 9.62. The van der Waals surface area contributed by atoms with E-state index in [1.807, 2.05) is 31.3 Å². The molecule has 4 fully saturated rings. The van der Waals surface area contributed by atoms with Crippen molar-refractivity contribution in [1.29, 1.82) is 0 Å². The Bertz CT molecular complexity index is 956. The molecule has 4 aliphatic rings.